The lowest BCUT2D eigenvalue weighted by molar-refractivity contribution is -0.139. The van der Waals surface area contributed by atoms with Gasteiger partial charge >= 0.3 is 5.97 Å². The van der Waals surface area contributed by atoms with E-state index in [0.717, 1.165) is 0 Å². The van der Waals surface area contributed by atoms with Gasteiger partial charge in [-0.1, -0.05) is 5.16 Å². The predicted molar refractivity (Wildman–Crippen MR) is 62.1 cm³/mol. The molecular formula is C11H15N3O4. The van der Waals surface area contributed by atoms with Crippen molar-refractivity contribution >= 4 is 17.8 Å². The van der Waals surface area contributed by atoms with Crippen molar-refractivity contribution in [1.29, 1.82) is 0 Å². The van der Waals surface area contributed by atoms with Crippen LogP contribution in [0.4, 0.5) is 5.88 Å². The van der Waals surface area contributed by atoms with Crippen LogP contribution < -0.4 is 5.32 Å². The van der Waals surface area contributed by atoms with Crippen molar-refractivity contribution in [2.45, 2.75) is 13.3 Å². The van der Waals surface area contributed by atoms with Gasteiger partial charge in [0.2, 0.25) is 11.8 Å². The topological polar surface area (TPSA) is 95.7 Å². The lowest BCUT2D eigenvalue weighted by Crippen LogP contribution is -2.50. The molecule has 0 unspecified atom stereocenters. The van der Waals surface area contributed by atoms with Crippen LogP contribution in [0.15, 0.2) is 10.6 Å². The SMILES string of the molecule is Cc1cc(NC(=O)CN2CC(CC(=O)O)C2)on1. The molecule has 1 aliphatic rings. The zero-order valence-corrected chi connectivity index (χ0v) is 10.0. The van der Waals surface area contributed by atoms with Gasteiger partial charge in [0, 0.05) is 19.2 Å². The Kier molecular flexibility index (Phi) is 3.61. The summed E-state index contributed by atoms with van der Waals surface area (Å²) in [6.45, 7) is 3.31. The smallest absolute Gasteiger partial charge is 0.303 e. The normalized spacial score (nSPS) is 16.3. The molecule has 0 atom stereocenters. The maximum atomic E-state index is 11.6. The highest BCUT2D eigenvalue weighted by Gasteiger charge is 2.29. The van der Waals surface area contributed by atoms with E-state index >= 15 is 0 Å². The first kappa shape index (κ1) is 12.6. The fourth-order valence-electron chi connectivity index (χ4n) is 1.98. The van der Waals surface area contributed by atoms with Gasteiger partial charge in [0.1, 0.15) is 0 Å². The second-order valence-corrected chi connectivity index (χ2v) is 4.54. The van der Waals surface area contributed by atoms with Crippen molar-refractivity contribution < 1.29 is 19.2 Å². The van der Waals surface area contributed by atoms with E-state index in [2.05, 4.69) is 10.5 Å². The number of nitrogens with one attached hydrogen (secondary N) is 1. The molecule has 0 bridgehead atoms. The zero-order chi connectivity index (χ0) is 13.1. The number of nitrogens with zero attached hydrogens (tertiary/aromatic N) is 2. The molecule has 7 nitrogen and oxygen atoms in total. The van der Waals surface area contributed by atoms with Gasteiger partial charge in [-0.15, -0.1) is 0 Å². The number of carboxylic acid groups (broad SMARTS) is 1. The van der Waals surface area contributed by atoms with Gasteiger partial charge in [0.15, 0.2) is 0 Å². The number of hydrogen-bond acceptors (Lipinski definition) is 5. The lowest BCUT2D eigenvalue weighted by atomic mass is 9.96. The van der Waals surface area contributed by atoms with Crippen molar-refractivity contribution in [3.05, 3.63) is 11.8 Å². The molecule has 1 amide bonds. The van der Waals surface area contributed by atoms with Crippen LogP contribution in [-0.2, 0) is 9.59 Å². The van der Waals surface area contributed by atoms with Crippen LogP contribution in [0.2, 0.25) is 0 Å². The van der Waals surface area contributed by atoms with Crippen LogP contribution in [0, 0.1) is 12.8 Å². The van der Waals surface area contributed by atoms with Gasteiger partial charge in [-0.3, -0.25) is 19.8 Å². The summed E-state index contributed by atoms with van der Waals surface area (Å²) in [5.41, 5.74) is 0.704. The summed E-state index contributed by atoms with van der Waals surface area (Å²) >= 11 is 0. The Balaban J connectivity index is 1.69. The molecule has 0 radical (unpaired) electrons. The quantitative estimate of drug-likeness (QED) is 0.785. The fourth-order valence-corrected chi connectivity index (χ4v) is 1.98. The van der Waals surface area contributed by atoms with Crippen LogP contribution in [0.25, 0.3) is 0 Å². The molecule has 2 N–H and O–H groups in total. The van der Waals surface area contributed by atoms with E-state index in [-0.39, 0.29) is 24.8 Å². The maximum Gasteiger partial charge on any atom is 0.303 e. The number of aliphatic carboxylic acids is 1. The van der Waals surface area contributed by atoms with E-state index in [4.69, 9.17) is 9.63 Å². The summed E-state index contributed by atoms with van der Waals surface area (Å²) in [4.78, 5) is 23.9. The third-order valence-electron chi connectivity index (χ3n) is 2.75. The number of carbonyl (C=O) groups is 2. The first-order chi connectivity index (χ1) is 8.52. The molecule has 0 aliphatic carbocycles. The molecule has 98 valence electrons. The van der Waals surface area contributed by atoms with Crippen LogP contribution >= 0.6 is 0 Å². The summed E-state index contributed by atoms with van der Waals surface area (Å²) in [7, 11) is 0. The minimum Gasteiger partial charge on any atom is -0.481 e. The first-order valence-electron chi connectivity index (χ1n) is 5.70. The number of aromatic nitrogens is 1. The van der Waals surface area contributed by atoms with Gasteiger partial charge < -0.3 is 9.63 Å². The summed E-state index contributed by atoms with van der Waals surface area (Å²) in [6, 6.07) is 1.64. The van der Waals surface area contributed by atoms with Gasteiger partial charge in [-0.25, -0.2) is 0 Å². The number of anilines is 1. The largest absolute Gasteiger partial charge is 0.481 e. The monoisotopic (exact) mass is 253 g/mol. The standard InChI is InChI=1S/C11H15N3O4/c1-7-2-10(18-13-7)12-9(15)6-14-4-8(5-14)3-11(16)17/h2,8H,3-6H2,1H3,(H,12,15)(H,16,17). The Hall–Kier alpha value is -1.89. The summed E-state index contributed by atoms with van der Waals surface area (Å²) in [5, 5.41) is 14.8. The molecule has 1 aromatic rings. The highest BCUT2D eigenvalue weighted by Crippen LogP contribution is 2.18. The highest BCUT2D eigenvalue weighted by molar-refractivity contribution is 5.91. The second kappa shape index (κ2) is 5.18. The third kappa shape index (κ3) is 3.30. The van der Waals surface area contributed by atoms with E-state index in [0.29, 0.717) is 24.7 Å². The number of rotatable bonds is 5. The van der Waals surface area contributed by atoms with E-state index < -0.39 is 5.97 Å². The van der Waals surface area contributed by atoms with E-state index in [1.807, 2.05) is 4.90 Å². The van der Waals surface area contributed by atoms with Gasteiger partial charge in [0.05, 0.1) is 18.7 Å². The van der Waals surface area contributed by atoms with Crippen molar-refractivity contribution in [3.8, 4) is 0 Å². The van der Waals surface area contributed by atoms with Crippen LogP contribution in [0.3, 0.4) is 0 Å². The molecule has 1 saturated heterocycles. The zero-order valence-electron chi connectivity index (χ0n) is 10.0. The minimum absolute atomic E-state index is 0.155. The molecule has 7 heteroatoms. The van der Waals surface area contributed by atoms with Crippen molar-refractivity contribution in [2.75, 3.05) is 25.0 Å². The van der Waals surface area contributed by atoms with E-state index in [1.54, 1.807) is 13.0 Å². The number of aryl methyl sites for hydroxylation is 1. The Morgan fingerprint density at radius 3 is 2.89 bits per heavy atom. The molecule has 1 aliphatic heterocycles. The molecule has 1 aromatic heterocycles. The predicted octanol–water partition coefficient (Wildman–Crippen LogP) is 0.328. The average molecular weight is 253 g/mol. The molecule has 2 rings (SSSR count). The highest BCUT2D eigenvalue weighted by atomic mass is 16.5. The molecule has 1 fully saturated rings. The molecular weight excluding hydrogens is 238 g/mol. The Morgan fingerprint density at radius 2 is 2.33 bits per heavy atom. The summed E-state index contributed by atoms with van der Waals surface area (Å²) in [6.07, 6.45) is 0.166. The van der Waals surface area contributed by atoms with Crippen molar-refractivity contribution in [3.63, 3.8) is 0 Å². The molecule has 18 heavy (non-hydrogen) atoms. The Bertz CT molecular complexity index is 451. The Morgan fingerprint density at radius 1 is 1.61 bits per heavy atom. The van der Waals surface area contributed by atoms with Gasteiger partial charge in [-0.2, -0.15) is 0 Å². The number of likely N-dealkylation sites (tertiary alicyclic amines) is 1. The first-order valence-corrected chi connectivity index (χ1v) is 5.70. The van der Waals surface area contributed by atoms with Crippen LogP contribution in [0.1, 0.15) is 12.1 Å². The van der Waals surface area contributed by atoms with Crippen molar-refractivity contribution in [2.24, 2.45) is 5.92 Å². The maximum absolute atomic E-state index is 11.6. The summed E-state index contributed by atoms with van der Waals surface area (Å²) < 4.78 is 4.86. The minimum atomic E-state index is -0.791. The molecule has 0 aromatic carbocycles. The third-order valence-corrected chi connectivity index (χ3v) is 2.75. The molecule has 0 saturated carbocycles. The number of hydrogen-bond donors (Lipinski definition) is 2. The van der Waals surface area contributed by atoms with Crippen LogP contribution in [-0.4, -0.2) is 46.7 Å². The average Bonchev–Trinajstić information content (AvgIpc) is 2.60. The Labute approximate surface area is 104 Å². The number of carboxylic acids is 1. The van der Waals surface area contributed by atoms with E-state index in [9.17, 15) is 9.59 Å². The second-order valence-electron chi connectivity index (χ2n) is 4.54. The fraction of sp³-hybridized carbons (Fsp3) is 0.545. The summed E-state index contributed by atoms with van der Waals surface area (Å²) in [5.74, 6) is -0.482. The van der Waals surface area contributed by atoms with Gasteiger partial charge in [0.25, 0.3) is 0 Å². The van der Waals surface area contributed by atoms with Crippen LogP contribution in [0.5, 0.6) is 0 Å². The lowest BCUT2D eigenvalue weighted by Gasteiger charge is -2.37. The molecule has 2 heterocycles. The number of carbonyl (C=O) groups excluding carboxylic acids is 1. The van der Waals surface area contributed by atoms with E-state index in [1.165, 1.54) is 0 Å². The number of amides is 1. The van der Waals surface area contributed by atoms with Gasteiger partial charge in [-0.05, 0) is 12.8 Å². The molecule has 0 spiro atoms. The van der Waals surface area contributed by atoms with Crippen molar-refractivity contribution in [1.82, 2.24) is 10.1 Å².